The van der Waals surface area contributed by atoms with Crippen LogP contribution in [0.4, 0.5) is 0 Å². The highest BCUT2D eigenvalue weighted by molar-refractivity contribution is 5.88. The minimum Gasteiger partial charge on any atom is -0.361 e. The second kappa shape index (κ2) is 7.84. The summed E-state index contributed by atoms with van der Waals surface area (Å²) in [7, 11) is 4.26. The van der Waals surface area contributed by atoms with Gasteiger partial charge in [0, 0.05) is 29.7 Å². The monoisotopic (exact) mass is 327 g/mol. The zero-order valence-corrected chi connectivity index (χ0v) is 14.8. The van der Waals surface area contributed by atoms with Gasteiger partial charge in [-0.15, -0.1) is 0 Å². The highest BCUT2D eigenvalue weighted by Gasteiger charge is 2.25. The Balaban J connectivity index is 1.57. The number of H-pyrrole nitrogens is 1. The maximum absolute atomic E-state index is 12.4. The van der Waals surface area contributed by atoms with Crippen molar-refractivity contribution in [1.29, 1.82) is 0 Å². The molecule has 2 aromatic rings. The van der Waals surface area contributed by atoms with Crippen molar-refractivity contribution in [2.45, 2.75) is 44.6 Å². The first-order valence-corrected chi connectivity index (χ1v) is 9.13. The zero-order valence-electron chi connectivity index (χ0n) is 14.8. The Hall–Kier alpha value is -1.81. The van der Waals surface area contributed by atoms with E-state index in [-0.39, 0.29) is 5.91 Å². The van der Waals surface area contributed by atoms with Gasteiger partial charge in [0.1, 0.15) is 0 Å². The Morgan fingerprint density at radius 1 is 1.25 bits per heavy atom. The van der Waals surface area contributed by atoms with Crippen LogP contribution < -0.4 is 5.32 Å². The molecule has 130 valence electrons. The van der Waals surface area contributed by atoms with Gasteiger partial charge in [-0.3, -0.25) is 4.79 Å². The number of nitrogens with zero attached hydrogens (tertiary/aromatic N) is 1. The molecule has 1 saturated carbocycles. The van der Waals surface area contributed by atoms with E-state index in [4.69, 9.17) is 0 Å². The number of rotatable bonds is 6. The van der Waals surface area contributed by atoms with Gasteiger partial charge in [0.25, 0.3) is 0 Å². The molecule has 1 atom stereocenters. The van der Waals surface area contributed by atoms with Crippen LogP contribution in [0.1, 0.15) is 37.7 Å². The molecule has 1 fully saturated rings. The van der Waals surface area contributed by atoms with Gasteiger partial charge in [0.2, 0.25) is 5.91 Å². The Kier molecular flexibility index (Phi) is 5.56. The summed E-state index contributed by atoms with van der Waals surface area (Å²) >= 11 is 0. The molecule has 1 aromatic carbocycles. The largest absolute Gasteiger partial charge is 0.361 e. The molecular formula is C20H29N3O. The fraction of sp³-hybridized carbons (Fsp3) is 0.550. The topological polar surface area (TPSA) is 48.1 Å². The predicted molar refractivity (Wildman–Crippen MR) is 99.1 cm³/mol. The summed E-state index contributed by atoms with van der Waals surface area (Å²) in [5.74, 6) is 0.824. The maximum atomic E-state index is 12.4. The molecule has 0 bridgehead atoms. The maximum Gasteiger partial charge on any atom is 0.224 e. The van der Waals surface area contributed by atoms with E-state index in [1.165, 1.54) is 32.1 Å². The third-order valence-corrected chi connectivity index (χ3v) is 5.39. The number of benzene rings is 1. The number of likely N-dealkylation sites (N-methyl/N-ethyl adjacent to an activating group) is 1. The number of carbonyl (C=O) groups excluding carboxylic acids is 1. The Morgan fingerprint density at radius 2 is 2.00 bits per heavy atom. The first-order valence-electron chi connectivity index (χ1n) is 9.13. The van der Waals surface area contributed by atoms with Crippen LogP contribution in [-0.2, 0) is 11.2 Å². The van der Waals surface area contributed by atoms with Crippen LogP contribution in [0.15, 0.2) is 30.5 Å². The van der Waals surface area contributed by atoms with Crippen molar-refractivity contribution in [1.82, 2.24) is 15.2 Å². The van der Waals surface area contributed by atoms with Gasteiger partial charge in [-0.25, -0.2) is 0 Å². The van der Waals surface area contributed by atoms with Crippen molar-refractivity contribution in [3.63, 3.8) is 0 Å². The fourth-order valence-electron chi connectivity index (χ4n) is 4.02. The number of fused-ring (bicyclic) bond motifs is 1. The van der Waals surface area contributed by atoms with E-state index in [1.54, 1.807) is 0 Å². The van der Waals surface area contributed by atoms with Crippen LogP contribution in [0, 0.1) is 5.92 Å². The van der Waals surface area contributed by atoms with Gasteiger partial charge in [0.15, 0.2) is 0 Å². The van der Waals surface area contributed by atoms with Gasteiger partial charge < -0.3 is 15.2 Å². The normalized spacial score (nSPS) is 17.3. The number of hydrogen-bond acceptors (Lipinski definition) is 2. The van der Waals surface area contributed by atoms with E-state index >= 15 is 0 Å². The van der Waals surface area contributed by atoms with Crippen molar-refractivity contribution in [3.8, 4) is 0 Å². The number of aromatic nitrogens is 1. The Bertz CT molecular complexity index is 670. The Labute approximate surface area is 144 Å². The van der Waals surface area contributed by atoms with Gasteiger partial charge in [-0.2, -0.15) is 0 Å². The molecule has 1 aromatic heterocycles. The molecule has 4 heteroatoms. The standard InChI is InChI=1S/C20H29N3O/c1-23(2)19(15-8-4-3-5-9-15)14-22-20(24)12-16-13-21-18-11-7-6-10-17(16)18/h6-7,10-11,13,15,19,21H,3-5,8-9,12,14H2,1-2H3,(H,22,24)/t19-/m0/s1. The molecule has 1 aliphatic carbocycles. The van der Waals surface area contributed by atoms with Crippen molar-refractivity contribution >= 4 is 16.8 Å². The summed E-state index contributed by atoms with van der Waals surface area (Å²) in [5, 5.41) is 4.31. The van der Waals surface area contributed by atoms with Crippen LogP contribution in [-0.4, -0.2) is 42.5 Å². The fourth-order valence-corrected chi connectivity index (χ4v) is 4.02. The number of aromatic amines is 1. The van der Waals surface area contributed by atoms with Crippen LogP contribution in [0.5, 0.6) is 0 Å². The number of carbonyl (C=O) groups is 1. The van der Waals surface area contributed by atoms with Crippen LogP contribution in [0.3, 0.4) is 0 Å². The second-order valence-electron chi connectivity index (χ2n) is 7.27. The molecule has 0 saturated heterocycles. The summed E-state index contributed by atoms with van der Waals surface area (Å²) in [6, 6.07) is 8.58. The van der Waals surface area contributed by atoms with E-state index in [0.717, 1.165) is 23.0 Å². The molecular weight excluding hydrogens is 298 g/mol. The molecule has 1 amide bonds. The third kappa shape index (κ3) is 3.99. The van der Waals surface area contributed by atoms with E-state index in [2.05, 4.69) is 35.4 Å². The first-order chi connectivity index (χ1) is 11.6. The minimum atomic E-state index is 0.113. The van der Waals surface area contributed by atoms with Crippen molar-refractivity contribution in [2.24, 2.45) is 5.92 Å². The SMILES string of the molecule is CN(C)[C@@H](CNC(=O)Cc1c[nH]c2ccccc12)C1CCCCC1. The van der Waals surface area contributed by atoms with Crippen LogP contribution in [0.2, 0.25) is 0 Å². The molecule has 0 unspecified atom stereocenters. The summed E-state index contributed by atoms with van der Waals surface area (Å²) < 4.78 is 0. The molecule has 1 aliphatic rings. The summed E-state index contributed by atoms with van der Waals surface area (Å²) in [6.07, 6.45) is 9.01. The lowest BCUT2D eigenvalue weighted by atomic mass is 9.83. The minimum absolute atomic E-state index is 0.113. The molecule has 0 spiro atoms. The lowest BCUT2D eigenvalue weighted by Crippen LogP contribution is -2.45. The lowest BCUT2D eigenvalue weighted by Gasteiger charge is -2.35. The van der Waals surface area contributed by atoms with Crippen LogP contribution >= 0.6 is 0 Å². The lowest BCUT2D eigenvalue weighted by molar-refractivity contribution is -0.120. The number of amides is 1. The smallest absolute Gasteiger partial charge is 0.224 e. The zero-order chi connectivity index (χ0) is 16.9. The Morgan fingerprint density at radius 3 is 2.75 bits per heavy atom. The average Bonchev–Trinajstić information content (AvgIpc) is 2.99. The number of nitrogens with one attached hydrogen (secondary N) is 2. The summed E-state index contributed by atoms with van der Waals surface area (Å²) in [4.78, 5) is 17.9. The molecule has 2 N–H and O–H groups in total. The first kappa shape index (κ1) is 17.0. The van der Waals surface area contributed by atoms with Crippen molar-refractivity contribution < 1.29 is 4.79 Å². The van der Waals surface area contributed by atoms with E-state index in [9.17, 15) is 4.79 Å². The molecule has 3 rings (SSSR count). The highest BCUT2D eigenvalue weighted by atomic mass is 16.1. The van der Waals surface area contributed by atoms with Crippen molar-refractivity contribution in [2.75, 3.05) is 20.6 Å². The van der Waals surface area contributed by atoms with Gasteiger partial charge in [-0.05, 0) is 44.5 Å². The van der Waals surface area contributed by atoms with E-state index < -0.39 is 0 Å². The molecule has 24 heavy (non-hydrogen) atoms. The quantitative estimate of drug-likeness (QED) is 0.855. The van der Waals surface area contributed by atoms with Gasteiger partial charge in [0.05, 0.1) is 6.42 Å². The van der Waals surface area contributed by atoms with Gasteiger partial charge >= 0.3 is 0 Å². The highest BCUT2D eigenvalue weighted by Crippen LogP contribution is 2.28. The average molecular weight is 327 g/mol. The van der Waals surface area contributed by atoms with E-state index in [1.807, 2.05) is 24.4 Å². The molecule has 4 nitrogen and oxygen atoms in total. The molecule has 0 aliphatic heterocycles. The van der Waals surface area contributed by atoms with Crippen molar-refractivity contribution in [3.05, 3.63) is 36.0 Å². The predicted octanol–water partition coefficient (Wildman–Crippen LogP) is 3.34. The molecule has 1 heterocycles. The van der Waals surface area contributed by atoms with E-state index in [0.29, 0.717) is 18.4 Å². The van der Waals surface area contributed by atoms with Gasteiger partial charge in [-0.1, -0.05) is 37.5 Å². The third-order valence-electron chi connectivity index (χ3n) is 5.39. The van der Waals surface area contributed by atoms with Crippen LogP contribution in [0.25, 0.3) is 10.9 Å². The summed E-state index contributed by atoms with van der Waals surface area (Å²) in [6.45, 7) is 0.749. The number of para-hydroxylation sites is 1. The number of hydrogen-bond donors (Lipinski definition) is 2. The molecule has 0 radical (unpaired) electrons. The second-order valence-corrected chi connectivity index (χ2v) is 7.27. The summed E-state index contributed by atoms with van der Waals surface area (Å²) in [5.41, 5.74) is 2.16.